The Labute approximate surface area is 151 Å². The minimum atomic E-state index is -1.10. The van der Waals surface area contributed by atoms with Crippen LogP contribution < -0.4 is 0 Å². The van der Waals surface area contributed by atoms with Crippen LogP contribution >= 0.6 is 15.9 Å². The van der Waals surface area contributed by atoms with Gasteiger partial charge in [0.15, 0.2) is 0 Å². The number of benzene rings is 1. The number of carbonyl (C=O) groups excluding carboxylic acids is 1. The fourth-order valence-corrected chi connectivity index (χ4v) is 3.73. The third kappa shape index (κ3) is 4.16. The van der Waals surface area contributed by atoms with Gasteiger partial charge in [-0.05, 0) is 50.3 Å². The SMILES string of the molecule is COCCC(Cc1cccc(Br)c1)C(=O)N1CCCC1(C)C(=O)O. The van der Waals surface area contributed by atoms with E-state index in [1.165, 1.54) is 0 Å². The molecule has 1 fully saturated rings. The standard InChI is InChI=1S/C18H24BrNO4/c1-18(17(22)23)8-4-9-20(18)16(21)14(7-10-24-2)11-13-5-3-6-15(19)12-13/h3,5-6,12,14H,4,7-11H2,1-2H3,(H,22,23). The Kier molecular flexibility index (Phi) is 6.40. The number of rotatable bonds is 7. The summed E-state index contributed by atoms with van der Waals surface area (Å²) in [7, 11) is 1.61. The minimum Gasteiger partial charge on any atom is -0.480 e. The van der Waals surface area contributed by atoms with Gasteiger partial charge in [0.05, 0.1) is 0 Å². The molecule has 6 heteroatoms. The van der Waals surface area contributed by atoms with E-state index in [9.17, 15) is 14.7 Å². The van der Waals surface area contributed by atoms with Gasteiger partial charge in [0.2, 0.25) is 5.91 Å². The van der Waals surface area contributed by atoms with E-state index in [2.05, 4.69) is 15.9 Å². The van der Waals surface area contributed by atoms with Crippen molar-refractivity contribution >= 4 is 27.8 Å². The Hall–Kier alpha value is -1.40. The Morgan fingerprint density at radius 3 is 2.83 bits per heavy atom. The van der Waals surface area contributed by atoms with E-state index in [0.717, 1.165) is 16.5 Å². The summed E-state index contributed by atoms with van der Waals surface area (Å²) in [5, 5.41) is 9.55. The van der Waals surface area contributed by atoms with Gasteiger partial charge >= 0.3 is 5.97 Å². The van der Waals surface area contributed by atoms with Gasteiger partial charge in [-0.25, -0.2) is 4.79 Å². The van der Waals surface area contributed by atoms with Crippen molar-refractivity contribution in [2.75, 3.05) is 20.3 Å². The average Bonchev–Trinajstić information content (AvgIpc) is 2.94. The van der Waals surface area contributed by atoms with Crippen molar-refractivity contribution in [3.63, 3.8) is 0 Å². The molecule has 2 rings (SSSR count). The molecule has 1 aliphatic heterocycles. The molecule has 1 aliphatic rings. The highest BCUT2D eigenvalue weighted by Crippen LogP contribution is 2.32. The maximum atomic E-state index is 13.1. The van der Waals surface area contributed by atoms with E-state index in [4.69, 9.17) is 4.74 Å². The molecule has 0 aromatic heterocycles. The van der Waals surface area contributed by atoms with Crippen LogP contribution in [0.5, 0.6) is 0 Å². The predicted octanol–water partition coefficient (Wildman–Crippen LogP) is 3.11. The minimum absolute atomic E-state index is 0.0885. The molecule has 5 nitrogen and oxygen atoms in total. The van der Waals surface area contributed by atoms with E-state index in [0.29, 0.717) is 32.4 Å². The van der Waals surface area contributed by atoms with Gasteiger partial charge in [-0.3, -0.25) is 4.79 Å². The first-order chi connectivity index (χ1) is 11.4. The lowest BCUT2D eigenvalue weighted by Gasteiger charge is -2.34. The summed E-state index contributed by atoms with van der Waals surface area (Å²) in [5.41, 5.74) is -0.0466. The third-order valence-corrected chi connectivity index (χ3v) is 5.25. The molecule has 0 saturated carbocycles. The lowest BCUT2D eigenvalue weighted by molar-refractivity contribution is -0.157. The first kappa shape index (κ1) is 18.9. The van der Waals surface area contributed by atoms with Crippen molar-refractivity contribution < 1.29 is 19.4 Å². The van der Waals surface area contributed by atoms with Gasteiger partial charge in [0, 0.05) is 30.7 Å². The predicted molar refractivity (Wildman–Crippen MR) is 94.8 cm³/mol. The second kappa shape index (κ2) is 8.12. The molecule has 0 bridgehead atoms. The van der Waals surface area contributed by atoms with E-state index in [1.54, 1.807) is 18.9 Å². The van der Waals surface area contributed by atoms with Crippen LogP contribution in [0.1, 0.15) is 31.7 Å². The lowest BCUT2D eigenvalue weighted by Crippen LogP contribution is -2.53. The summed E-state index contributed by atoms with van der Waals surface area (Å²) in [6.07, 6.45) is 2.38. The zero-order valence-electron chi connectivity index (χ0n) is 14.1. The Balaban J connectivity index is 2.20. The van der Waals surface area contributed by atoms with Crippen LogP contribution in [-0.2, 0) is 20.7 Å². The topological polar surface area (TPSA) is 66.8 Å². The number of amides is 1. The van der Waals surface area contributed by atoms with Gasteiger partial charge in [0.25, 0.3) is 0 Å². The molecular weight excluding hydrogens is 374 g/mol. The van der Waals surface area contributed by atoms with E-state index in [1.807, 2.05) is 24.3 Å². The highest BCUT2D eigenvalue weighted by molar-refractivity contribution is 9.10. The fourth-order valence-electron chi connectivity index (χ4n) is 3.28. The molecule has 0 radical (unpaired) electrons. The molecule has 0 aliphatic carbocycles. The van der Waals surface area contributed by atoms with Crippen LogP contribution in [0.25, 0.3) is 0 Å². The number of likely N-dealkylation sites (tertiary alicyclic amines) is 1. The van der Waals surface area contributed by atoms with E-state index in [-0.39, 0.29) is 11.8 Å². The zero-order valence-corrected chi connectivity index (χ0v) is 15.7. The van der Waals surface area contributed by atoms with Crippen LogP contribution in [0.2, 0.25) is 0 Å². The quantitative estimate of drug-likeness (QED) is 0.767. The summed E-state index contributed by atoms with van der Waals surface area (Å²) in [5.74, 6) is -1.30. The molecule has 1 aromatic carbocycles. The molecule has 1 heterocycles. The Morgan fingerprint density at radius 1 is 1.46 bits per heavy atom. The smallest absolute Gasteiger partial charge is 0.329 e. The number of carboxylic acid groups (broad SMARTS) is 1. The molecule has 1 amide bonds. The summed E-state index contributed by atoms with van der Waals surface area (Å²) in [6.45, 7) is 2.62. The van der Waals surface area contributed by atoms with Crippen LogP contribution in [0.3, 0.4) is 0 Å². The molecule has 132 valence electrons. The van der Waals surface area contributed by atoms with Crippen LogP contribution in [0, 0.1) is 5.92 Å². The van der Waals surface area contributed by atoms with Crippen molar-refractivity contribution in [1.29, 1.82) is 0 Å². The number of hydrogen-bond acceptors (Lipinski definition) is 3. The number of methoxy groups -OCH3 is 1. The molecule has 2 unspecified atom stereocenters. The number of nitrogens with zero attached hydrogens (tertiary/aromatic N) is 1. The summed E-state index contributed by atoms with van der Waals surface area (Å²) in [6, 6.07) is 7.86. The number of carboxylic acids is 1. The molecule has 1 saturated heterocycles. The molecule has 2 atom stereocenters. The number of aliphatic carboxylic acids is 1. The summed E-state index contributed by atoms with van der Waals surface area (Å²) < 4.78 is 6.12. The van der Waals surface area contributed by atoms with Crippen molar-refractivity contribution in [2.24, 2.45) is 5.92 Å². The largest absolute Gasteiger partial charge is 0.480 e. The van der Waals surface area contributed by atoms with Crippen molar-refractivity contribution in [3.8, 4) is 0 Å². The van der Waals surface area contributed by atoms with Gasteiger partial charge in [0.1, 0.15) is 5.54 Å². The number of hydrogen-bond donors (Lipinski definition) is 1. The van der Waals surface area contributed by atoms with E-state index >= 15 is 0 Å². The van der Waals surface area contributed by atoms with Crippen LogP contribution in [-0.4, -0.2) is 47.7 Å². The maximum Gasteiger partial charge on any atom is 0.329 e. The monoisotopic (exact) mass is 397 g/mol. The number of carbonyl (C=O) groups is 2. The molecule has 24 heavy (non-hydrogen) atoms. The molecule has 1 N–H and O–H groups in total. The third-order valence-electron chi connectivity index (χ3n) is 4.76. The highest BCUT2D eigenvalue weighted by atomic mass is 79.9. The highest BCUT2D eigenvalue weighted by Gasteiger charge is 2.47. The summed E-state index contributed by atoms with van der Waals surface area (Å²) in [4.78, 5) is 26.3. The number of ether oxygens (including phenoxy) is 1. The van der Waals surface area contributed by atoms with Gasteiger partial charge in [-0.2, -0.15) is 0 Å². The second-order valence-corrected chi connectivity index (χ2v) is 7.40. The van der Waals surface area contributed by atoms with Crippen molar-refractivity contribution in [3.05, 3.63) is 34.3 Å². The Bertz CT molecular complexity index is 606. The van der Waals surface area contributed by atoms with Crippen LogP contribution in [0.4, 0.5) is 0 Å². The molecule has 0 spiro atoms. The van der Waals surface area contributed by atoms with E-state index < -0.39 is 11.5 Å². The molecular formula is C18H24BrNO4. The van der Waals surface area contributed by atoms with Crippen molar-refractivity contribution in [2.45, 2.75) is 38.1 Å². The van der Waals surface area contributed by atoms with Gasteiger partial charge in [-0.1, -0.05) is 28.1 Å². The first-order valence-corrected chi connectivity index (χ1v) is 8.96. The van der Waals surface area contributed by atoms with Gasteiger partial charge < -0.3 is 14.7 Å². The van der Waals surface area contributed by atoms with Crippen molar-refractivity contribution in [1.82, 2.24) is 4.90 Å². The van der Waals surface area contributed by atoms with Crippen LogP contribution in [0.15, 0.2) is 28.7 Å². The zero-order chi connectivity index (χ0) is 17.7. The Morgan fingerprint density at radius 2 is 2.21 bits per heavy atom. The second-order valence-electron chi connectivity index (χ2n) is 6.48. The average molecular weight is 398 g/mol. The fraction of sp³-hybridized carbons (Fsp3) is 0.556. The summed E-state index contributed by atoms with van der Waals surface area (Å²) >= 11 is 3.45. The first-order valence-electron chi connectivity index (χ1n) is 8.16. The maximum absolute atomic E-state index is 13.1. The normalized spacial score (nSPS) is 21.7. The lowest BCUT2D eigenvalue weighted by atomic mass is 9.92. The number of halogens is 1. The van der Waals surface area contributed by atoms with Gasteiger partial charge in [-0.15, -0.1) is 0 Å². The molecule has 1 aromatic rings.